The zero-order valence-corrected chi connectivity index (χ0v) is 17.1. The van der Waals surface area contributed by atoms with Crippen LogP contribution in [0, 0.1) is 0 Å². The highest BCUT2D eigenvalue weighted by molar-refractivity contribution is 5.81. The molecule has 1 atom stereocenters. The number of rotatable bonds is 9. The third-order valence-electron chi connectivity index (χ3n) is 5.04. The van der Waals surface area contributed by atoms with Gasteiger partial charge in [0.2, 0.25) is 0 Å². The zero-order valence-electron chi connectivity index (χ0n) is 17.1. The van der Waals surface area contributed by atoms with E-state index in [9.17, 15) is 4.79 Å². The number of benzene rings is 3. The van der Waals surface area contributed by atoms with Crippen molar-refractivity contribution in [2.24, 2.45) is 0 Å². The third-order valence-corrected chi connectivity index (χ3v) is 5.04. The van der Waals surface area contributed by atoms with Gasteiger partial charge in [-0.25, -0.2) is 5.06 Å². The summed E-state index contributed by atoms with van der Waals surface area (Å²) in [6.07, 6.45) is 0.618. The smallest absolute Gasteiger partial charge is 0.263 e. The van der Waals surface area contributed by atoms with Crippen molar-refractivity contribution in [3.63, 3.8) is 0 Å². The fourth-order valence-electron chi connectivity index (χ4n) is 3.42. The fourth-order valence-corrected chi connectivity index (χ4v) is 3.42. The molecule has 0 saturated carbocycles. The Morgan fingerprint density at radius 1 is 0.759 bits per heavy atom. The van der Waals surface area contributed by atoms with Crippen molar-refractivity contribution < 1.29 is 9.63 Å². The normalized spacial score (nSPS) is 12.0. The van der Waals surface area contributed by atoms with E-state index in [-0.39, 0.29) is 11.9 Å². The van der Waals surface area contributed by atoms with E-state index >= 15 is 0 Å². The third kappa shape index (κ3) is 6.01. The number of hydroxylamine groups is 2. The van der Waals surface area contributed by atoms with Crippen molar-refractivity contribution in [2.75, 3.05) is 14.2 Å². The van der Waals surface area contributed by atoms with Gasteiger partial charge in [0, 0.05) is 20.1 Å². The van der Waals surface area contributed by atoms with E-state index in [0.717, 1.165) is 5.56 Å². The van der Waals surface area contributed by atoms with E-state index in [1.165, 1.54) is 23.3 Å². The van der Waals surface area contributed by atoms with Crippen LogP contribution < -0.4 is 0 Å². The average Bonchev–Trinajstić information content (AvgIpc) is 2.78. The monoisotopic (exact) mass is 388 g/mol. The van der Waals surface area contributed by atoms with Gasteiger partial charge in [-0.05, 0) is 23.1 Å². The summed E-state index contributed by atoms with van der Waals surface area (Å²) in [7, 11) is 3.19. The highest BCUT2D eigenvalue weighted by Crippen LogP contribution is 2.19. The van der Waals surface area contributed by atoms with E-state index in [1.54, 1.807) is 7.05 Å². The van der Waals surface area contributed by atoms with Crippen LogP contribution in [0.2, 0.25) is 0 Å². The van der Waals surface area contributed by atoms with Gasteiger partial charge in [-0.3, -0.25) is 14.5 Å². The minimum absolute atomic E-state index is 0.0526. The van der Waals surface area contributed by atoms with E-state index in [4.69, 9.17) is 4.84 Å². The van der Waals surface area contributed by atoms with Crippen LogP contribution in [0.4, 0.5) is 0 Å². The first-order valence-electron chi connectivity index (χ1n) is 9.85. The van der Waals surface area contributed by atoms with Gasteiger partial charge in [0.1, 0.15) is 0 Å². The molecule has 3 aromatic rings. The standard InChI is InChI=1S/C25H28N2O2/c1-26(29-2)25(28)24(18-21-12-6-3-7-13-21)27(19-22-14-8-4-9-15-22)20-23-16-10-5-11-17-23/h3-17,24H,18-20H2,1-2H3/t24-/m0/s1. The van der Waals surface area contributed by atoms with Crippen molar-refractivity contribution in [3.8, 4) is 0 Å². The van der Waals surface area contributed by atoms with E-state index < -0.39 is 0 Å². The Labute approximate surface area is 173 Å². The summed E-state index contributed by atoms with van der Waals surface area (Å²) in [6, 6.07) is 30.3. The van der Waals surface area contributed by atoms with Gasteiger partial charge >= 0.3 is 0 Å². The molecular weight excluding hydrogens is 360 g/mol. The molecule has 4 nitrogen and oxygen atoms in total. The molecule has 0 N–H and O–H groups in total. The lowest BCUT2D eigenvalue weighted by Crippen LogP contribution is -2.48. The van der Waals surface area contributed by atoms with Crippen LogP contribution in [0.15, 0.2) is 91.0 Å². The van der Waals surface area contributed by atoms with E-state index in [2.05, 4.69) is 41.3 Å². The molecule has 29 heavy (non-hydrogen) atoms. The molecule has 0 spiro atoms. The maximum atomic E-state index is 13.3. The molecule has 0 aliphatic rings. The van der Waals surface area contributed by atoms with Crippen molar-refractivity contribution in [2.45, 2.75) is 25.6 Å². The molecule has 4 heteroatoms. The number of carbonyl (C=O) groups is 1. The van der Waals surface area contributed by atoms with Crippen molar-refractivity contribution >= 4 is 5.91 Å². The Hall–Kier alpha value is -2.95. The summed E-state index contributed by atoms with van der Waals surface area (Å²) in [6.45, 7) is 1.35. The van der Waals surface area contributed by atoms with Crippen molar-refractivity contribution in [1.29, 1.82) is 0 Å². The molecule has 1 amide bonds. The van der Waals surface area contributed by atoms with Crippen LogP contribution in [0.5, 0.6) is 0 Å². The molecule has 0 aromatic heterocycles. The van der Waals surface area contributed by atoms with Gasteiger partial charge < -0.3 is 0 Å². The Balaban J connectivity index is 1.93. The highest BCUT2D eigenvalue weighted by Gasteiger charge is 2.29. The Bertz CT molecular complexity index is 828. The first kappa shape index (κ1) is 20.8. The second-order valence-electron chi connectivity index (χ2n) is 7.10. The summed E-state index contributed by atoms with van der Waals surface area (Å²) in [5.41, 5.74) is 3.48. The number of hydrogen-bond donors (Lipinski definition) is 0. The van der Waals surface area contributed by atoms with Gasteiger partial charge in [-0.15, -0.1) is 0 Å². The van der Waals surface area contributed by atoms with E-state index in [0.29, 0.717) is 19.5 Å². The Kier molecular flexibility index (Phi) is 7.56. The molecule has 3 aromatic carbocycles. The highest BCUT2D eigenvalue weighted by atomic mass is 16.7. The summed E-state index contributed by atoms with van der Waals surface area (Å²) in [5, 5.41) is 1.33. The second kappa shape index (κ2) is 10.6. The maximum Gasteiger partial charge on any atom is 0.263 e. The lowest BCUT2D eigenvalue weighted by molar-refractivity contribution is -0.175. The predicted molar refractivity (Wildman–Crippen MR) is 116 cm³/mol. The van der Waals surface area contributed by atoms with Crippen molar-refractivity contribution in [1.82, 2.24) is 9.96 Å². The number of nitrogens with zero attached hydrogens (tertiary/aromatic N) is 2. The summed E-state index contributed by atoms with van der Waals surface area (Å²) >= 11 is 0. The summed E-state index contributed by atoms with van der Waals surface area (Å²) < 4.78 is 0. The molecule has 3 rings (SSSR count). The van der Waals surface area contributed by atoms with Crippen LogP contribution in [0.1, 0.15) is 16.7 Å². The largest absolute Gasteiger partial charge is 0.283 e. The number of likely N-dealkylation sites (N-methyl/N-ethyl adjacent to an activating group) is 1. The summed E-state index contributed by atoms with van der Waals surface area (Å²) in [4.78, 5) is 20.7. The fraction of sp³-hybridized carbons (Fsp3) is 0.240. The molecule has 0 fully saturated rings. The molecule has 0 bridgehead atoms. The SMILES string of the molecule is CON(C)C(=O)[C@H](Cc1ccccc1)N(Cc1ccccc1)Cc1ccccc1. The zero-order chi connectivity index (χ0) is 20.5. The molecule has 0 heterocycles. The quantitative estimate of drug-likeness (QED) is 0.512. The lowest BCUT2D eigenvalue weighted by atomic mass is 10.0. The van der Waals surface area contributed by atoms with Gasteiger partial charge in [-0.1, -0.05) is 91.0 Å². The van der Waals surface area contributed by atoms with Crippen LogP contribution in [-0.2, 0) is 29.1 Å². The Morgan fingerprint density at radius 3 is 1.59 bits per heavy atom. The average molecular weight is 389 g/mol. The van der Waals surface area contributed by atoms with E-state index in [1.807, 2.05) is 54.6 Å². The van der Waals surface area contributed by atoms with Gasteiger partial charge in [-0.2, -0.15) is 0 Å². The predicted octanol–water partition coefficient (Wildman–Crippen LogP) is 4.32. The minimum Gasteiger partial charge on any atom is -0.283 e. The number of hydrogen-bond acceptors (Lipinski definition) is 3. The molecule has 0 saturated heterocycles. The molecule has 150 valence electrons. The van der Waals surface area contributed by atoms with Crippen LogP contribution in [0.3, 0.4) is 0 Å². The van der Waals surface area contributed by atoms with Gasteiger partial charge in [0.05, 0.1) is 13.2 Å². The Morgan fingerprint density at radius 2 is 1.17 bits per heavy atom. The number of amides is 1. The second-order valence-corrected chi connectivity index (χ2v) is 7.10. The van der Waals surface area contributed by atoms with Crippen molar-refractivity contribution in [3.05, 3.63) is 108 Å². The van der Waals surface area contributed by atoms with Crippen LogP contribution >= 0.6 is 0 Å². The molecular formula is C25H28N2O2. The summed E-state index contributed by atoms with van der Waals surface area (Å²) in [5.74, 6) is -0.0526. The first-order chi connectivity index (χ1) is 14.2. The minimum atomic E-state index is -0.345. The maximum absolute atomic E-state index is 13.3. The first-order valence-corrected chi connectivity index (χ1v) is 9.85. The van der Waals surface area contributed by atoms with Gasteiger partial charge in [0.15, 0.2) is 0 Å². The lowest BCUT2D eigenvalue weighted by Gasteiger charge is -2.33. The van der Waals surface area contributed by atoms with Crippen LogP contribution in [-0.4, -0.2) is 36.1 Å². The molecule has 0 unspecified atom stereocenters. The van der Waals surface area contributed by atoms with Crippen LogP contribution in [0.25, 0.3) is 0 Å². The number of carbonyl (C=O) groups excluding carboxylic acids is 1. The molecule has 0 aliphatic heterocycles. The topological polar surface area (TPSA) is 32.8 Å². The molecule has 0 aliphatic carbocycles. The molecule has 0 radical (unpaired) electrons. The van der Waals surface area contributed by atoms with Gasteiger partial charge in [0.25, 0.3) is 5.91 Å².